The smallest absolute Gasteiger partial charge is 0.128 e. The third-order valence-corrected chi connectivity index (χ3v) is 7.43. The van der Waals surface area contributed by atoms with Crippen LogP contribution in [0.5, 0.6) is 5.75 Å². The largest absolute Gasteiger partial charge is 0.507 e. The highest BCUT2D eigenvalue weighted by atomic mass is 16.3. The van der Waals surface area contributed by atoms with Gasteiger partial charge in [0, 0.05) is 28.2 Å². The summed E-state index contributed by atoms with van der Waals surface area (Å²) in [6.45, 7) is 13.2. The van der Waals surface area contributed by atoms with Crippen LogP contribution < -0.4 is 0 Å². The van der Waals surface area contributed by atoms with Crippen molar-refractivity contribution in [3.8, 4) is 5.75 Å². The molecular formula is C34H37NO. The summed E-state index contributed by atoms with van der Waals surface area (Å²) in [4.78, 5) is 4.87. The molecule has 0 amide bonds. The number of phenolic OH excluding ortho intramolecular Hbond substituents is 1. The fourth-order valence-corrected chi connectivity index (χ4v) is 4.86. The molecule has 0 radical (unpaired) electrons. The minimum atomic E-state index is -0.396. The fourth-order valence-electron chi connectivity index (χ4n) is 4.86. The summed E-state index contributed by atoms with van der Waals surface area (Å²) in [5, 5.41) is 11.6. The lowest BCUT2D eigenvalue weighted by molar-refractivity contribution is 0.451. The highest BCUT2D eigenvalue weighted by molar-refractivity contribution is 5.87. The van der Waals surface area contributed by atoms with Crippen molar-refractivity contribution < 1.29 is 5.11 Å². The first kappa shape index (κ1) is 25.4. The highest BCUT2D eigenvalue weighted by Gasteiger charge is 2.31. The standard InChI is InChI=1S/C34H37NO/c1-24(2)29-19-13-14-20-31(29)35-23-25-21-28(33(3,4)26-15-9-7-10-16-26)22-30(32(25)36)34(5,6)27-17-11-8-12-18-27/h7-24,36H,1-6H3. The Hall–Kier alpha value is -3.65. The van der Waals surface area contributed by atoms with Gasteiger partial charge in [0.2, 0.25) is 0 Å². The van der Waals surface area contributed by atoms with Crippen molar-refractivity contribution in [3.63, 3.8) is 0 Å². The van der Waals surface area contributed by atoms with Crippen molar-refractivity contribution in [2.24, 2.45) is 4.99 Å². The van der Waals surface area contributed by atoms with Gasteiger partial charge in [-0.05, 0) is 40.3 Å². The van der Waals surface area contributed by atoms with Crippen LogP contribution in [-0.2, 0) is 10.8 Å². The number of aromatic hydroxyl groups is 1. The van der Waals surface area contributed by atoms with Crippen LogP contribution in [0.2, 0.25) is 0 Å². The molecule has 0 saturated heterocycles. The number of para-hydroxylation sites is 1. The number of benzene rings is 4. The van der Waals surface area contributed by atoms with Crippen LogP contribution in [0.4, 0.5) is 5.69 Å². The Morgan fingerprint density at radius 1 is 0.667 bits per heavy atom. The van der Waals surface area contributed by atoms with E-state index in [4.69, 9.17) is 4.99 Å². The summed E-state index contributed by atoms with van der Waals surface area (Å²) in [7, 11) is 0. The quantitative estimate of drug-likeness (QED) is 0.266. The monoisotopic (exact) mass is 475 g/mol. The molecule has 0 aliphatic rings. The molecule has 1 N–H and O–H groups in total. The molecule has 0 aliphatic carbocycles. The van der Waals surface area contributed by atoms with Crippen LogP contribution in [0, 0.1) is 0 Å². The van der Waals surface area contributed by atoms with Gasteiger partial charge in [0.15, 0.2) is 0 Å². The van der Waals surface area contributed by atoms with Gasteiger partial charge >= 0.3 is 0 Å². The van der Waals surface area contributed by atoms with Gasteiger partial charge in [0.05, 0.1) is 5.69 Å². The molecule has 4 aromatic carbocycles. The minimum Gasteiger partial charge on any atom is -0.507 e. The number of nitrogens with zero attached hydrogens (tertiary/aromatic N) is 1. The molecule has 4 rings (SSSR count). The minimum absolute atomic E-state index is 0.255. The maximum Gasteiger partial charge on any atom is 0.128 e. The van der Waals surface area contributed by atoms with Crippen LogP contribution in [0.15, 0.2) is 102 Å². The van der Waals surface area contributed by atoms with Crippen molar-refractivity contribution in [1.82, 2.24) is 0 Å². The molecule has 184 valence electrons. The zero-order valence-electron chi connectivity index (χ0n) is 22.3. The molecule has 36 heavy (non-hydrogen) atoms. The molecule has 4 aromatic rings. The Bertz CT molecular complexity index is 1350. The number of hydrogen-bond donors (Lipinski definition) is 1. The van der Waals surface area contributed by atoms with Crippen LogP contribution >= 0.6 is 0 Å². The Morgan fingerprint density at radius 2 is 1.19 bits per heavy atom. The lowest BCUT2D eigenvalue weighted by Gasteiger charge is -2.32. The van der Waals surface area contributed by atoms with E-state index in [0.717, 1.165) is 27.9 Å². The Kier molecular flexibility index (Phi) is 7.17. The van der Waals surface area contributed by atoms with E-state index in [-0.39, 0.29) is 11.2 Å². The van der Waals surface area contributed by atoms with Crippen molar-refractivity contribution in [1.29, 1.82) is 0 Å². The van der Waals surface area contributed by atoms with Gasteiger partial charge < -0.3 is 5.11 Å². The van der Waals surface area contributed by atoms with Crippen molar-refractivity contribution in [3.05, 3.63) is 130 Å². The Balaban J connectivity index is 1.91. The zero-order valence-corrected chi connectivity index (χ0v) is 22.3. The predicted octanol–water partition coefficient (Wildman–Crippen LogP) is 8.92. The maximum atomic E-state index is 11.6. The van der Waals surface area contributed by atoms with E-state index in [1.165, 1.54) is 11.1 Å². The van der Waals surface area contributed by atoms with Gasteiger partial charge in [0.1, 0.15) is 5.75 Å². The molecule has 0 atom stereocenters. The normalized spacial score (nSPS) is 12.4. The van der Waals surface area contributed by atoms with Crippen molar-refractivity contribution in [2.75, 3.05) is 0 Å². The second-order valence-electron chi connectivity index (χ2n) is 10.9. The summed E-state index contributed by atoms with van der Waals surface area (Å²) in [6.07, 6.45) is 1.83. The molecule has 0 spiro atoms. The van der Waals surface area contributed by atoms with E-state index in [2.05, 4.69) is 114 Å². The van der Waals surface area contributed by atoms with Crippen molar-refractivity contribution in [2.45, 2.75) is 58.3 Å². The summed E-state index contributed by atoms with van der Waals surface area (Å²) >= 11 is 0. The van der Waals surface area contributed by atoms with E-state index in [0.29, 0.717) is 5.92 Å². The zero-order chi connectivity index (χ0) is 25.9. The molecule has 2 nitrogen and oxygen atoms in total. The first-order valence-electron chi connectivity index (χ1n) is 12.7. The molecule has 0 aliphatic heterocycles. The number of rotatable bonds is 7. The van der Waals surface area contributed by atoms with E-state index in [1.54, 1.807) is 0 Å². The fraction of sp³-hybridized carbons (Fsp3) is 0.265. The maximum absolute atomic E-state index is 11.6. The lowest BCUT2D eigenvalue weighted by Crippen LogP contribution is -2.24. The van der Waals surface area contributed by atoms with E-state index in [1.807, 2.05) is 30.5 Å². The van der Waals surface area contributed by atoms with Gasteiger partial charge in [0.25, 0.3) is 0 Å². The molecule has 0 saturated carbocycles. The third-order valence-electron chi connectivity index (χ3n) is 7.43. The number of phenols is 1. The van der Waals surface area contributed by atoms with Crippen molar-refractivity contribution >= 4 is 11.9 Å². The van der Waals surface area contributed by atoms with E-state index < -0.39 is 5.41 Å². The molecule has 0 aromatic heterocycles. The van der Waals surface area contributed by atoms with Crippen LogP contribution in [0.25, 0.3) is 0 Å². The SMILES string of the molecule is CC(C)c1ccccc1N=Cc1cc(C(C)(C)c2ccccc2)cc(C(C)(C)c2ccccc2)c1O. The summed E-state index contributed by atoms with van der Waals surface area (Å²) in [5.41, 5.74) is 6.63. The Morgan fingerprint density at radius 3 is 1.78 bits per heavy atom. The number of aliphatic imine (C=N–C) groups is 1. The summed E-state index contributed by atoms with van der Waals surface area (Å²) in [5.74, 6) is 0.644. The van der Waals surface area contributed by atoms with Gasteiger partial charge in [-0.1, -0.05) is 126 Å². The highest BCUT2D eigenvalue weighted by Crippen LogP contribution is 2.42. The second-order valence-corrected chi connectivity index (χ2v) is 10.9. The molecule has 0 unspecified atom stereocenters. The summed E-state index contributed by atoms with van der Waals surface area (Å²) < 4.78 is 0. The second kappa shape index (κ2) is 10.1. The predicted molar refractivity (Wildman–Crippen MR) is 153 cm³/mol. The first-order valence-corrected chi connectivity index (χ1v) is 12.7. The van der Waals surface area contributed by atoms with E-state index in [9.17, 15) is 5.11 Å². The van der Waals surface area contributed by atoms with Gasteiger partial charge in [-0.15, -0.1) is 0 Å². The molecule has 0 heterocycles. The number of hydrogen-bond acceptors (Lipinski definition) is 2. The molecule has 2 heteroatoms. The molecular weight excluding hydrogens is 438 g/mol. The molecule has 0 bridgehead atoms. The average Bonchev–Trinajstić information content (AvgIpc) is 2.89. The lowest BCUT2D eigenvalue weighted by atomic mass is 9.72. The summed E-state index contributed by atoms with van der Waals surface area (Å²) in [6, 6.07) is 33.4. The van der Waals surface area contributed by atoms with E-state index >= 15 is 0 Å². The Labute approximate surface area is 216 Å². The first-order chi connectivity index (χ1) is 17.1. The van der Waals surface area contributed by atoms with Crippen LogP contribution in [-0.4, -0.2) is 11.3 Å². The van der Waals surface area contributed by atoms with Gasteiger partial charge in [-0.25, -0.2) is 0 Å². The van der Waals surface area contributed by atoms with Gasteiger partial charge in [-0.2, -0.15) is 0 Å². The molecule has 0 fully saturated rings. The topological polar surface area (TPSA) is 32.6 Å². The van der Waals surface area contributed by atoms with Crippen LogP contribution in [0.1, 0.15) is 80.8 Å². The average molecular weight is 476 g/mol. The van der Waals surface area contributed by atoms with Gasteiger partial charge in [-0.3, -0.25) is 4.99 Å². The van der Waals surface area contributed by atoms with Crippen LogP contribution in [0.3, 0.4) is 0 Å². The third kappa shape index (κ3) is 4.99.